The van der Waals surface area contributed by atoms with Crippen LogP contribution in [-0.2, 0) is 6.61 Å². The van der Waals surface area contributed by atoms with Gasteiger partial charge in [-0.25, -0.2) is 4.98 Å². The molecule has 9 heteroatoms. The van der Waals surface area contributed by atoms with Crippen molar-refractivity contribution in [2.75, 3.05) is 5.32 Å². The third kappa shape index (κ3) is 6.09. The number of fused-ring (bicyclic) bond motifs is 1. The minimum absolute atomic E-state index is 0.164. The number of nitrogens with zero attached hydrogens (tertiary/aromatic N) is 1. The Morgan fingerprint density at radius 2 is 1.73 bits per heavy atom. The molecule has 37 heavy (non-hydrogen) atoms. The third-order valence-corrected chi connectivity index (χ3v) is 6.07. The van der Waals surface area contributed by atoms with Crippen LogP contribution in [0.1, 0.15) is 15.9 Å². The van der Waals surface area contributed by atoms with Gasteiger partial charge in [0.25, 0.3) is 5.91 Å². The fraction of sp³-hybridized carbons (Fsp3) is 0.0357. The van der Waals surface area contributed by atoms with Crippen molar-refractivity contribution in [3.05, 3.63) is 112 Å². The highest BCUT2D eigenvalue weighted by molar-refractivity contribution is 7.80. The van der Waals surface area contributed by atoms with E-state index >= 15 is 0 Å². The van der Waals surface area contributed by atoms with Gasteiger partial charge in [0.05, 0.1) is 5.02 Å². The van der Waals surface area contributed by atoms with Crippen molar-refractivity contribution in [1.82, 2.24) is 10.3 Å². The van der Waals surface area contributed by atoms with Gasteiger partial charge in [-0.2, -0.15) is 0 Å². The molecule has 0 unspecified atom stereocenters. The van der Waals surface area contributed by atoms with Gasteiger partial charge in [-0.3, -0.25) is 10.1 Å². The maximum Gasteiger partial charge on any atom is 0.257 e. The predicted octanol–water partition coefficient (Wildman–Crippen LogP) is 7.51. The van der Waals surface area contributed by atoms with Gasteiger partial charge in [0.1, 0.15) is 17.9 Å². The minimum Gasteiger partial charge on any atom is -0.489 e. The summed E-state index contributed by atoms with van der Waals surface area (Å²) in [4.78, 5) is 17.2. The smallest absolute Gasteiger partial charge is 0.257 e. The molecule has 0 atom stereocenters. The number of thiocarbonyl (C=S) groups is 1. The Hall–Kier alpha value is -3.91. The van der Waals surface area contributed by atoms with Gasteiger partial charge in [-0.1, -0.05) is 59.6 Å². The van der Waals surface area contributed by atoms with Crippen molar-refractivity contribution in [3.63, 3.8) is 0 Å². The van der Waals surface area contributed by atoms with E-state index in [0.29, 0.717) is 50.6 Å². The molecular weight excluding hydrogens is 529 g/mol. The highest BCUT2D eigenvalue weighted by Gasteiger charge is 2.13. The molecule has 5 aromatic rings. The standard InChI is InChI=1S/C28H19Cl2N3O3S/c29-20-14-23(30)25-24(15-20)32-27(36-25)18-9-11-21(12-10-18)31-28(37)33-26(34)19-7-4-8-22(13-19)35-16-17-5-2-1-3-6-17/h1-15H,16H2,(H2,31,33,34,37). The maximum absolute atomic E-state index is 12.7. The summed E-state index contributed by atoms with van der Waals surface area (Å²) >= 11 is 17.6. The number of aromatic nitrogens is 1. The number of ether oxygens (including phenoxy) is 1. The van der Waals surface area contributed by atoms with Gasteiger partial charge in [0.15, 0.2) is 10.7 Å². The second kappa shape index (κ2) is 11.0. The molecule has 0 aliphatic carbocycles. The Bertz CT molecular complexity index is 1590. The summed E-state index contributed by atoms with van der Waals surface area (Å²) in [5, 5.41) is 6.74. The van der Waals surface area contributed by atoms with Gasteiger partial charge in [-0.15, -0.1) is 0 Å². The first-order valence-electron chi connectivity index (χ1n) is 11.2. The number of hydrogen-bond acceptors (Lipinski definition) is 5. The molecule has 0 fully saturated rings. The largest absolute Gasteiger partial charge is 0.489 e. The van der Waals surface area contributed by atoms with Crippen LogP contribution in [0.5, 0.6) is 5.75 Å². The first-order valence-corrected chi connectivity index (χ1v) is 12.4. The van der Waals surface area contributed by atoms with Crippen molar-refractivity contribution < 1.29 is 13.9 Å². The lowest BCUT2D eigenvalue weighted by molar-refractivity contribution is 0.0977. The van der Waals surface area contributed by atoms with Crippen molar-refractivity contribution in [3.8, 4) is 17.2 Å². The van der Waals surface area contributed by atoms with Crippen LogP contribution < -0.4 is 15.4 Å². The molecule has 2 N–H and O–H groups in total. The van der Waals surface area contributed by atoms with Crippen LogP contribution in [0.3, 0.4) is 0 Å². The second-order valence-electron chi connectivity index (χ2n) is 8.04. The van der Waals surface area contributed by atoms with E-state index in [1.54, 1.807) is 48.5 Å². The summed E-state index contributed by atoms with van der Waals surface area (Å²) < 4.78 is 11.6. The predicted molar refractivity (Wildman–Crippen MR) is 150 cm³/mol. The molecule has 0 radical (unpaired) electrons. The van der Waals surface area contributed by atoms with Gasteiger partial charge in [0.2, 0.25) is 5.89 Å². The number of benzene rings is 4. The minimum atomic E-state index is -0.346. The lowest BCUT2D eigenvalue weighted by atomic mass is 10.2. The van der Waals surface area contributed by atoms with Crippen LogP contribution in [0.2, 0.25) is 10.0 Å². The Morgan fingerprint density at radius 1 is 0.946 bits per heavy atom. The van der Waals surface area contributed by atoms with E-state index < -0.39 is 0 Å². The van der Waals surface area contributed by atoms with E-state index in [0.717, 1.165) is 11.1 Å². The Morgan fingerprint density at radius 3 is 2.51 bits per heavy atom. The zero-order valence-corrected chi connectivity index (χ0v) is 21.5. The van der Waals surface area contributed by atoms with Gasteiger partial charge in [0, 0.05) is 21.8 Å². The second-order valence-corrected chi connectivity index (χ2v) is 9.29. The average Bonchev–Trinajstić information content (AvgIpc) is 3.33. The summed E-state index contributed by atoms with van der Waals surface area (Å²) in [6.07, 6.45) is 0. The maximum atomic E-state index is 12.7. The van der Waals surface area contributed by atoms with Crippen LogP contribution in [0.4, 0.5) is 5.69 Å². The van der Waals surface area contributed by atoms with Crippen LogP contribution >= 0.6 is 35.4 Å². The molecule has 4 aromatic carbocycles. The first kappa shape index (κ1) is 24.8. The number of amides is 1. The molecule has 0 saturated heterocycles. The zero-order valence-electron chi connectivity index (χ0n) is 19.2. The highest BCUT2D eigenvalue weighted by Crippen LogP contribution is 2.32. The van der Waals surface area contributed by atoms with Crippen LogP contribution in [-0.4, -0.2) is 16.0 Å². The monoisotopic (exact) mass is 547 g/mol. The Balaban J connectivity index is 1.19. The highest BCUT2D eigenvalue weighted by atomic mass is 35.5. The first-order chi connectivity index (χ1) is 17.9. The number of rotatable bonds is 6. The number of nitrogens with one attached hydrogen (secondary N) is 2. The number of carbonyl (C=O) groups is 1. The van der Waals surface area contributed by atoms with Crippen LogP contribution in [0, 0.1) is 0 Å². The van der Waals surface area contributed by atoms with E-state index in [4.69, 9.17) is 44.6 Å². The van der Waals surface area contributed by atoms with E-state index in [1.807, 2.05) is 42.5 Å². The summed E-state index contributed by atoms with van der Waals surface area (Å²) in [5.74, 6) is 0.658. The third-order valence-electron chi connectivity index (χ3n) is 5.37. The molecule has 0 aliphatic heterocycles. The summed E-state index contributed by atoms with van der Waals surface area (Å²) in [5.41, 5.74) is 3.95. The van der Waals surface area contributed by atoms with Gasteiger partial charge in [-0.05, 0) is 72.4 Å². The van der Waals surface area contributed by atoms with Gasteiger partial charge < -0.3 is 14.5 Å². The molecule has 1 amide bonds. The van der Waals surface area contributed by atoms with E-state index in [1.165, 1.54) is 0 Å². The molecule has 0 saturated carbocycles. The van der Waals surface area contributed by atoms with Crippen molar-refractivity contribution in [2.45, 2.75) is 6.61 Å². The molecule has 1 aromatic heterocycles. The summed E-state index contributed by atoms with van der Waals surface area (Å²) in [6.45, 7) is 0.409. The number of carbonyl (C=O) groups excluding carboxylic acids is 1. The van der Waals surface area contributed by atoms with Crippen molar-refractivity contribution >= 4 is 63.2 Å². The molecular formula is C28H19Cl2N3O3S. The van der Waals surface area contributed by atoms with Crippen molar-refractivity contribution in [2.24, 2.45) is 0 Å². The molecule has 0 aliphatic rings. The fourth-order valence-electron chi connectivity index (χ4n) is 3.59. The molecule has 0 spiro atoms. The SMILES string of the molecule is O=C(NC(=S)Nc1ccc(-c2nc3cc(Cl)cc(Cl)c3o2)cc1)c1cccc(OCc2ccccc2)c1. The van der Waals surface area contributed by atoms with E-state index in [9.17, 15) is 4.79 Å². The number of hydrogen-bond donors (Lipinski definition) is 2. The van der Waals surface area contributed by atoms with E-state index in [-0.39, 0.29) is 11.0 Å². The lowest BCUT2D eigenvalue weighted by Crippen LogP contribution is -2.34. The summed E-state index contributed by atoms with van der Waals surface area (Å²) in [7, 11) is 0. The summed E-state index contributed by atoms with van der Waals surface area (Å²) in [6, 6.07) is 27.3. The lowest BCUT2D eigenvalue weighted by Gasteiger charge is -2.11. The molecule has 184 valence electrons. The molecule has 0 bridgehead atoms. The average molecular weight is 548 g/mol. The number of oxazole rings is 1. The topological polar surface area (TPSA) is 76.4 Å². The van der Waals surface area contributed by atoms with Crippen LogP contribution in [0.15, 0.2) is 95.4 Å². The normalized spacial score (nSPS) is 10.8. The molecule has 1 heterocycles. The van der Waals surface area contributed by atoms with Crippen LogP contribution in [0.25, 0.3) is 22.6 Å². The fourth-order valence-corrected chi connectivity index (χ4v) is 4.32. The van der Waals surface area contributed by atoms with Gasteiger partial charge >= 0.3 is 0 Å². The number of halogens is 2. The van der Waals surface area contributed by atoms with E-state index in [2.05, 4.69) is 15.6 Å². The number of anilines is 1. The van der Waals surface area contributed by atoms with Crippen molar-refractivity contribution in [1.29, 1.82) is 0 Å². The zero-order chi connectivity index (χ0) is 25.8. The molecule has 6 nitrogen and oxygen atoms in total. The quantitative estimate of drug-likeness (QED) is 0.214. The Labute approximate surface area is 228 Å². The Kier molecular flexibility index (Phi) is 7.37. The molecule has 5 rings (SSSR count).